The van der Waals surface area contributed by atoms with Gasteiger partial charge in [0.15, 0.2) is 5.82 Å². The second-order valence-electron chi connectivity index (χ2n) is 10.2. The summed E-state index contributed by atoms with van der Waals surface area (Å²) in [4.78, 5) is 22.7. The molecule has 10 nitrogen and oxygen atoms in total. The highest BCUT2D eigenvalue weighted by molar-refractivity contribution is 5.98. The second kappa shape index (κ2) is 11.0. The Bertz CT molecular complexity index is 1430. The fourth-order valence-corrected chi connectivity index (χ4v) is 5.86. The first-order valence-electron chi connectivity index (χ1n) is 12.8. The highest BCUT2D eigenvalue weighted by Gasteiger charge is 2.45. The average molecular weight is 588 g/mol. The van der Waals surface area contributed by atoms with Crippen LogP contribution >= 0.6 is 0 Å². The molecule has 4 heterocycles. The summed E-state index contributed by atoms with van der Waals surface area (Å²) in [7, 11) is 1.24. The van der Waals surface area contributed by atoms with E-state index < -0.39 is 65.7 Å². The number of aromatic nitrogens is 4. The second-order valence-corrected chi connectivity index (χ2v) is 10.2. The molecule has 41 heavy (non-hydrogen) atoms. The summed E-state index contributed by atoms with van der Waals surface area (Å²) in [5.74, 6) is -2.07. The zero-order chi connectivity index (χ0) is 29.6. The van der Waals surface area contributed by atoms with Crippen molar-refractivity contribution in [1.29, 1.82) is 0 Å². The van der Waals surface area contributed by atoms with E-state index in [-0.39, 0.29) is 35.8 Å². The topological polar surface area (TPSA) is 131 Å². The lowest BCUT2D eigenvalue weighted by molar-refractivity contribution is -0.136. The van der Waals surface area contributed by atoms with E-state index in [1.165, 1.54) is 19.4 Å². The third-order valence-corrected chi connectivity index (χ3v) is 7.76. The predicted molar refractivity (Wildman–Crippen MR) is 133 cm³/mol. The van der Waals surface area contributed by atoms with Crippen molar-refractivity contribution in [2.45, 2.75) is 56.2 Å². The number of pyridine rings is 1. The molecule has 5 rings (SSSR count). The number of hydrogen-bond acceptors (Lipinski definition) is 8. The molecule has 4 N–H and O–H groups in total. The van der Waals surface area contributed by atoms with Crippen molar-refractivity contribution in [2.75, 3.05) is 25.9 Å². The smallest absolute Gasteiger partial charge is 0.418 e. The lowest BCUT2D eigenvalue weighted by atomic mass is 9.96. The van der Waals surface area contributed by atoms with E-state index >= 15 is 4.39 Å². The van der Waals surface area contributed by atoms with E-state index in [1.54, 1.807) is 4.90 Å². The van der Waals surface area contributed by atoms with Crippen LogP contribution in [-0.2, 0) is 6.18 Å². The molecule has 3 aromatic heterocycles. The van der Waals surface area contributed by atoms with Gasteiger partial charge in [0.05, 0.1) is 24.4 Å². The van der Waals surface area contributed by atoms with Crippen LogP contribution in [0.2, 0.25) is 0 Å². The number of amides is 1. The molecule has 2 aliphatic rings. The fourth-order valence-electron chi connectivity index (χ4n) is 5.86. The van der Waals surface area contributed by atoms with Crippen LogP contribution in [0.1, 0.15) is 35.2 Å². The average Bonchev–Trinajstić information content (AvgIpc) is 3.65. The van der Waals surface area contributed by atoms with E-state index in [1.807, 2.05) is 0 Å². The number of hydrogen-bond donors (Lipinski definition) is 3. The minimum atomic E-state index is -4.78. The van der Waals surface area contributed by atoms with Crippen LogP contribution in [0.4, 0.5) is 32.2 Å². The Hall–Kier alpha value is -3.66. The Morgan fingerprint density at radius 2 is 1.98 bits per heavy atom. The Morgan fingerprint density at radius 3 is 2.66 bits per heavy atom. The van der Waals surface area contributed by atoms with Crippen LogP contribution in [0, 0.1) is 5.92 Å². The van der Waals surface area contributed by atoms with Gasteiger partial charge in [0.1, 0.15) is 29.7 Å². The Morgan fingerprint density at radius 1 is 1.22 bits per heavy atom. The third-order valence-electron chi connectivity index (χ3n) is 7.76. The molecule has 3 aromatic rings. The number of aliphatic hydroxyl groups is 1. The van der Waals surface area contributed by atoms with Gasteiger partial charge < -0.3 is 20.9 Å². The molecule has 0 bridgehead atoms. The summed E-state index contributed by atoms with van der Waals surface area (Å²) in [5.41, 5.74) is 3.98. The predicted octanol–water partition coefficient (Wildman–Crippen LogP) is 2.95. The monoisotopic (exact) mass is 587 g/mol. The van der Waals surface area contributed by atoms with Gasteiger partial charge in [0.25, 0.3) is 12.3 Å². The normalized spacial score (nSPS) is 24.3. The van der Waals surface area contributed by atoms with E-state index in [4.69, 9.17) is 10.5 Å². The quantitative estimate of drug-likeness (QED) is 0.360. The maximum atomic E-state index is 15.1. The number of carbonyl (C=O) groups is 1. The van der Waals surface area contributed by atoms with Gasteiger partial charge >= 0.3 is 6.18 Å². The summed E-state index contributed by atoms with van der Waals surface area (Å²) >= 11 is 0. The Balaban J connectivity index is 1.41. The van der Waals surface area contributed by atoms with Crippen LogP contribution < -0.4 is 15.8 Å². The molecule has 1 saturated heterocycles. The molecular formula is C25H27F6N7O3. The number of anilines is 1. The number of nitrogens with two attached hydrogens (primary N) is 1. The van der Waals surface area contributed by atoms with Crippen LogP contribution in [-0.4, -0.2) is 86.5 Å². The zero-order valence-electron chi connectivity index (χ0n) is 21.7. The van der Waals surface area contributed by atoms with Gasteiger partial charge in [-0.15, -0.1) is 0 Å². The molecule has 5 atom stereocenters. The number of likely N-dealkylation sites (tertiary alicyclic amines) is 1. The molecule has 16 heteroatoms. The van der Waals surface area contributed by atoms with Crippen molar-refractivity contribution < 1.29 is 41.0 Å². The number of ether oxygens (including phenoxy) is 1. The van der Waals surface area contributed by atoms with Crippen LogP contribution in [0.3, 0.4) is 0 Å². The zero-order valence-corrected chi connectivity index (χ0v) is 21.7. The van der Waals surface area contributed by atoms with Gasteiger partial charge in [-0.05, 0) is 25.0 Å². The first kappa shape index (κ1) is 28.9. The maximum absolute atomic E-state index is 15.1. The number of halogens is 6. The minimum Gasteiger partial charge on any atom is -0.480 e. The third kappa shape index (κ3) is 5.37. The highest BCUT2D eigenvalue weighted by Crippen LogP contribution is 2.39. The Kier molecular flexibility index (Phi) is 7.72. The van der Waals surface area contributed by atoms with Gasteiger partial charge in [-0.1, -0.05) is 6.42 Å². The number of rotatable bonds is 7. The number of nitrogen functional groups attached to an aromatic ring is 1. The molecule has 0 spiro atoms. The van der Waals surface area contributed by atoms with Gasteiger partial charge in [-0.2, -0.15) is 18.3 Å². The van der Waals surface area contributed by atoms with Gasteiger partial charge in [-0.3, -0.25) is 9.69 Å². The molecule has 0 aromatic carbocycles. The SMILES string of the molecule is COc1ncc(-c2cc(C(F)(F)F)c3c(N)ncnn23)cc1C(=O)N[C@@H]1CN(C2CCCC2C(O)C(F)F)C[C@@H]1F. The van der Waals surface area contributed by atoms with E-state index in [0.717, 1.165) is 16.9 Å². The first-order valence-corrected chi connectivity index (χ1v) is 12.8. The number of aliphatic hydroxyl groups excluding tert-OH is 1. The molecule has 222 valence electrons. The maximum Gasteiger partial charge on any atom is 0.418 e. The summed E-state index contributed by atoms with van der Waals surface area (Å²) in [6.07, 6.45) is -7.36. The number of carbonyl (C=O) groups excluding carboxylic acids is 1. The molecule has 1 aliphatic carbocycles. The van der Waals surface area contributed by atoms with Crippen LogP contribution in [0.5, 0.6) is 5.88 Å². The summed E-state index contributed by atoms with van der Waals surface area (Å²) in [6, 6.07) is 0.579. The minimum absolute atomic E-state index is 0.0218. The van der Waals surface area contributed by atoms with Crippen molar-refractivity contribution in [1.82, 2.24) is 29.8 Å². The number of fused-ring (bicyclic) bond motifs is 1. The standard InChI is InChI=1S/C25H27F6N7O3/c1-41-24-13(5-11(7-33-24)18-6-14(25(29,30)31)19-22(32)34-10-35-38(18)19)23(40)36-16-9-37(8-15(16)26)17-4-2-3-12(17)20(39)21(27)28/h5-7,10,12,15-17,20-21,39H,2-4,8-9H2,1H3,(H,36,40)(H2,32,34,35)/t12?,15-,16+,17?,20?/m0/s1. The van der Waals surface area contributed by atoms with Crippen molar-refractivity contribution >= 4 is 17.2 Å². The molecule has 1 aliphatic heterocycles. The fraction of sp³-hybridized carbons (Fsp3) is 0.520. The molecule has 1 amide bonds. The summed E-state index contributed by atoms with van der Waals surface area (Å²) in [5, 5.41) is 16.4. The number of methoxy groups -OCH3 is 1. The van der Waals surface area contributed by atoms with Gasteiger partial charge in [-0.25, -0.2) is 27.7 Å². The first-order chi connectivity index (χ1) is 19.4. The van der Waals surface area contributed by atoms with Crippen molar-refractivity contribution in [3.63, 3.8) is 0 Å². The van der Waals surface area contributed by atoms with Gasteiger partial charge in [0, 0.05) is 36.8 Å². The van der Waals surface area contributed by atoms with E-state index in [2.05, 4.69) is 20.4 Å². The molecule has 2 fully saturated rings. The van der Waals surface area contributed by atoms with E-state index in [0.29, 0.717) is 19.3 Å². The summed E-state index contributed by atoms with van der Waals surface area (Å²) in [6.45, 7) is -0.0943. The number of nitrogens with one attached hydrogen (secondary N) is 1. The molecular weight excluding hydrogens is 560 g/mol. The van der Waals surface area contributed by atoms with Crippen LogP contribution in [0.15, 0.2) is 24.7 Å². The van der Waals surface area contributed by atoms with Gasteiger partial charge in [0.2, 0.25) is 5.88 Å². The Labute approximate surface area is 229 Å². The lowest BCUT2D eigenvalue weighted by Crippen LogP contribution is -2.45. The number of nitrogens with zero attached hydrogens (tertiary/aromatic N) is 5. The summed E-state index contributed by atoms with van der Waals surface area (Å²) < 4.78 is 88.7. The number of alkyl halides is 6. The lowest BCUT2D eigenvalue weighted by Gasteiger charge is -2.31. The largest absolute Gasteiger partial charge is 0.480 e. The molecule has 1 saturated carbocycles. The van der Waals surface area contributed by atoms with Crippen molar-refractivity contribution in [3.8, 4) is 17.1 Å². The molecule has 0 radical (unpaired) electrons. The van der Waals surface area contributed by atoms with Crippen molar-refractivity contribution in [3.05, 3.63) is 35.8 Å². The highest BCUT2D eigenvalue weighted by atomic mass is 19.4. The van der Waals surface area contributed by atoms with Crippen molar-refractivity contribution in [2.24, 2.45) is 5.92 Å². The molecule has 3 unspecified atom stereocenters. The van der Waals surface area contributed by atoms with Crippen LogP contribution in [0.25, 0.3) is 16.8 Å². The van der Waals surface area contributed by atoms with E-state index in [9.17, 15) is 31.9 Å².